The molecule has 1 aromatic rings. The second-order valence-electron chi connectivity index (χ2n) is 4.65. The molecule has 2 aliphatic rings. The second kappa shape index (κ2) is 4.07. The first kappa shape index (κ1) is 10.1. The van der Waals surface area contributed by atoms with Gasteiger partial charge in [-0.05, 0) is 19.1 Å². The lowest BCUT2D eigenvalue weighted by Gasteiger charge is -2.23. The van der Waals surface area contributed by atoms with Gasteiger partial charge in [0.05, 0.1) is 25.4 Å². The summed E-state index contributed by atoms with van der Waals surface area (Å²) >= 11 is 0. The molecule has 2 heterocycles. The Hall–Kier alpha value is -1.06. The monoisotopic (exact) mass is 219 g/mol. The van der Waals surface area contributed by atoms with Crippen LogP contribution in [-0.4, -0.2) is 38.5 Å². The molecule has 0 aromatic heterocycles. The predicted molar refractivity (Wildman–Crippen MR) is 62.9 cm³/mol. The number of benzene rings is 1. The van der Waals surface area contributed by atoms with Crippen molar-refractivity contribution in [2.24, 2.45) is 0 Å². The summed E-state index contributed by atoms with van der Waals surface area (Å²) in [4.78, 5) is 2.37. The first-order valence-electron chi connectivity index (χ1n) is 5.86. The van der Waals surface area contributed by atoms with E-state index in [1.54, 1.807) is 0 Å². The summed E-state index contributed by atoms with van der Waals surface area (Å²) in [5.41, 5.74) is 2.57. The van der Waals surface area contributed by atoms with Crippen LogP contribution in [0.3, 0.4) is 0 Å². The lowest BCUT2D eigenvalue weighted by Crippen LogP contribution is -2.31. The molecule has 0 amide bonds. The summed E-state index contributed by atoms with van der Waals surface area (Å²) in [6.07, 6.45) is 0.861. The predicted octanol–water partition coefficient (Wildman–Crippen LogP) is 1.60. The summed E-state index contributed by atoms with van der Waals surface area (Å²) in [5.74, 6) is 0. The minimum absolute atomic E-state index is 0.431. The molecule has 0 saturated carbocycles. The van der Waals surface area contributed by atoms with Gasteiger partial charge in [-0.1, -0.05) is 17.7 Å². The first-order valence-corrected chi connectivity index (χ1v) is 5.86. The highest BCUT2D eigenvalue weighted by Crippen LogP contribution is 2.22. The average Bonchev–Trinajstić information content (AvgIpc) is 3.12. The van der Waals surface area contributed by atoms with Crippen LogP contribution in [0, 0.1) is 6.92 Å². The van der Waals surface area contributed by atoms with E-state index in [-0.39, 0.29) is 0 Å². The third-order valence-electron chi connectivity index (χ3n) is 3.05. The molecule has 3 rings (SSSR count). The van der Waals surface area contributed by atoms with Gasteiger partial charge in [0, 0.05) is 18.8 Å². The number of rotatable bonds is 5. The minimum Gasteiger partial charge on any atom is -0.371 e. The fourth-order valence-electron chi connectivity index (χ4n) is 1.88. The Morgan fingerprint density at radius 2 is 1.56 bits per heavy atom. The van der Waals surface area contributed by atoms with Gasteiger partial charge < -0.3 is 14.4 Å². The smallest absolute Gasteiger partial charge is 0.0984 e. The topological polar surface area (TPSA) is 28.3 Å². The third-order valence-corrected chi connectivity index (χ3v) is 3.05. The normalized spacial score (nSPS) is 26.6. The van der Waals surface area contributed by atoms with E-state index in [9.17, 15) is 0 Å². The van der Waals surface area contributed by atoms with Gasteiger partial charge in [0.2, 0.25) is 0 Å². The number of epoxide rings is 2. The second-order valence-corrected chi connectivity index (χ2v) is 4.65. The van der Waals surface area contributed by atoms with Gasteiger partial charge in [-0.2, -0.15) is 0 Å². The number of hydrogen-bond donors (Lipinski definition) is 0. The first-order chi connectivity index (χ1) is 7.81. The van der Waals surface area contributed by atoms with Crippen LogP contribution in [0.25, 0.3) is 0 Å². The van der Waals surface area contributed by atoms with Gasteiger partial charge >= 0.3 is 0 Å². The molecule has 0 aliphatic carbocycles. The molecule has 86 valence electrons. The summed E-state index contributed by atoms with van der Waals surface area (Å²) in [6.45, 7) is 5.91. The molecule has 2 saturated heterocycles. The zero-order valence-corrected chi connectivity index (χ0v) is 9.56. The minimum atomic E-state index is 0.431. The van der Waals surface area contributed by atoms with E-state index in [1.165, 1.54) is 11.3 Å². The molecular formula is C13H17NO2. The van der Waals surface area contributed by atoms with E-state index in [0.717, 1.165) is 26.3 Å². The molecule has 0 bridgehead atoms. The Labute approximate surface area is 96.0 Å². The maximum Gasteiger partial charge on any atom is 0.0984 e. The van der Waals surface area contributed by atoms with E-state index in [0.29, 0.717) is 12.2 Å². The highest BCUT2D eigenvalue weighted by Gasteiger charge is 2.30. The standard InChI is InChI=1S/C13H17NO2/c1-10-2-4-11(5-3-10)14(6-12-8-15-12)7-13-9-16-13/h2-5,12-13H,6-9H2,1H3. The van der Waals surface area contributed by atoms with Crippen molar-refractivity contribution in [3.63, 3.8) is 0 Å². The Bertz CT molecular complexity index is 341. The maximum atomic E-state index is 5.30. The van der Waals surface area contributed by atoms with Gasteiger partial charge in [-0.15, -0.1) is 0 Å². The van der Waals surface area contributed by atoms with Crippen molar-refractivity contribution in [2.45, 2.75) is 19.1 Å². The zero-order valence-electron chi connectivity index (χ0n) is 9.56. The molecule has 2 aliphatic heterocycles. The molecule has 3 nitrogen and oxygen atoms in total. The van der Waals surface area contributed by atoms with Crippen molar-refractivity contribution < 1.29 is 9.47 Å². The van der Waals surface area contributed by atoms with Gasteiger partial charge in [0.15, 0.2) is 0 Å². The molecule has 0 radical (unpaired) electrons. The van der Waals surface area contributed by atoms with Crippen LogP contribution in [0.1, 0.15) is 5.56 Å². The van der Waals surface area contributed by atoms with E-state index in [1.807, 2.05) is 0 Å². The van der Waals surface area contributed by atoms with Gasteiger partial charge in [-0.3, -0.25) is 0 Å². The van der Waals surface area contributed by atoms with Crippen molar-refractivity contribution in [3.8, 4) is 0 Å². The molecule has 3 heteroatoms. The van der Waals surface area contributed by atoms with Crippen molar-refractivity contribution in [1.29, 1.82) is 0 Å². The van der Waals surface area contributed by atoms with Crippen LogP contribution < -0.4 is 4.90 Å². The van der Waals surface area contributed by atoms with E-state index in [4.69, 9.17) is 9.47 Å². The molecule has 16 heavy (non-hydrogen) atoms. The molecule has 1 aromatic carbocycles. The SMILES string of the molecule is Cc1ccc(N(CC2CO2)CC2CO2)cc1. The Morgan fingerprint density at radius 1 is 1.06 bits per heavy atom. The quantitative estimate of drug-likeness (QED) is 0.704. The number of aryl methyl sites for hydroxylation is 1. The summed E-state index contributed by atoms with van der Waals surface area (Å²) in [5, 5.41) is 0. The lowest BCUT2D eigenvalue weighted by molar-refractivity contribution is 0.389. The highest BCUT2D eigenvalue weighted by molar-refractivity contribution is 5.48. The van der Waals surface area contributed by atoms with E-state index in [2.05, 4.69) is 36.1 Å². The third kappa shape index (κ3) is 2.54. The van der Waals surface area contributed by atoms with Crippen LogP contribution in [0.2, 0.25) is 0 Å². The summed E-state index contributed by atoms with van der Waals surface area (Å²) in [7, 11) is 0. The number of nitrogens with zero attached hydrogens (tertiary/aromatic N) is 1. The molecule has 2 atom stereocenters. The largest absolute Gasteiger partial charge is 0.371 e. The van der Waals surface area contributed by atoms with E-state index < -0.39 is 0 Å². The lowest BCUT2D eigenvalue weighted by atomic mass is 10.2. The Morgan fingerprint density at radius 3 is 2.00 bits per heavy atom. The molecule has 2 fully saturated rings. The van der Waals surface area contributed by atoms with Gasteiger partial charge in [0.25, 0.3) is 0 Å². The van der Waals surface area contributed by atoms with Crippen molar-refractivity contribution in [3.05, 3.63) is 29.8 Å². The fraction of sp³-hybridized carbons (Fsp3) is 0.538. The van der Waals surface area contributed by atoms with Gasteiger partial charge in [0.1, 0.15) is 0 Å². The van der Waals surface area contributed by atoms with Crippen LogP contribution in [0.4, 0.5) is 5.69 Å². The summed E-state index contributed by atoms with van der Waals surface area (Å²) in [6, 6.07) is 8.67. The number of ether oxygens (including phenoxy) is 2. The Kier molecular flexibility index (Phi) is 2.58. The van der Waals surface area contributed by atoms with Crippen LogP contribution >= 0.6 is 0 Å². The van der Waals surface area contributed by atoms with Crippen molar-refractivity contribution in [1.82, 2.24) is 0 Å². The maximum absolute atomic E-state index is 5.30. The van der Waals surface area contributed by atoms with Gasteiger partial charge in [-0.25, -0.2) is 0 Å². The van der Waals surface area contributed by atoms with Crippen molar-refractivity contribution >= 4 is 5.69 Å². The Balaban J connectivity index is 1.71. The molecule has 2 unspecified atom stereocenters. The number of hydrogen-bond acceptors (Lipinski definition) is 3. The average molecular weight is 219 g/mol. The fourth-order valence-corrected chi connectivity index (χ4v) is 1.88. The van der Waals surface area contributed by atoms with E-state index >= 15 is 0 Å². The molecule has 0 spiro atoms. The highest BCUT2D eigenvalue weighted by atomic mass is 16.6. The van der Waals surface area contributed by atoms with Crippen LogP contribution in [0.5, 0.6) is 0 Å². The molecular weight excluding hydrogens is 202 g/mol. The van der Waals surface area contributed by atoms with Crippen LogP contribution in [0.15, 0.2) is 24.3 Å². The molecule has 0 N–H and O–H groups in total. The zero-order chi connectivity index (χ0) is 11.0. The number of anilines is 1. The van der Waals surface area contributed by atoms with Crippen molar-refractivity contribution in [2.75, 3.05) is 31.2 Å². The summed E-state index contributed by atoms with van der Waals surface area (Å²) < 4.78 is 10.6. The van der Waals surface area contributed by atoms with Crippen LogP contribution in [-0.2, 0) is 9.47 Å².